The Bertz CT molecular complexity index is 436. The first-order chi connectivity index (χ1) is 9.09. The molecule has 1 fully saturated rings. The molecule has 0 saturated heterocycles. The second kappa shape index (κ2) is 6.04. The Kier molecular flexibility index (Phi) is 4.40. The summed E-state index contributed by atoms with van der Waals surface area (Å²) in [4.78, 5) is 6.87. The molecule has 1 aliphatic carbocycles. The van der Waals surface area contributed by atoms with Gasteiger partial charge >= 0.3 is 0 Å². The minimum Gasteiger partial charge on any atom is -0.384 e. The van der Waals surface area contributed by atoms with E-state index in [1.807, 2.05) is 12.1 Å². The van der Waals surface area contributed by atoms with E-state index in [1.165, 1.54) is 25.7 Å². The van der Waals surface area contributed by atoms with Crippen LogP contribution in [0.15, 0.2) is 18.3 Å². The third kappa shape index (κ3) is 3.25. The van der Waals surface area contributed by atoms with Crippen molar-refractivity contribution < 1.29 is 0 Å². The molecule has 1 saturated carbocycles. The molecule has 104 valence electrons. The van der Waals surface area contributed by atoms with Crippen LogP contribution in [0, 0.1) is 11.3 Å². The molecule has 0 spiro atoms. The van der Waals surface area contributed by atoms with Crippen molar-refractivity contribution in [1.29, 1.82) is 5.41 Å². The van der Waals surface area contributed by atoms with Crippen LogP contribution in [0.2, 0.25) is 0 Å². The van der Waals surface area contributed by atoms with Gasteiger partial charge in [0.1, 0.15) is 11.7 Å². The molecule has 0 aromatic carbocycles. The number of nitrogen functional groups attached to an aromatic ring is 1. The Hall–Kier alpha value is -1.58. The fourth-order valence-electron chi connectivity index (χ4n) is 2.85. The molecule has 0 radical (unpaired) electrons. The summed E-state index contributed by atoms with van der Waals surface area (Å²) >= 11 is 0. The molecule has 4 nitrogen and oxygen atoms in total. The van der Waals surface area contributed by atoms with Gasteiger partial charge in [0, 0.05) is 18.8 Å². The van der Waals surface area contributed by atoms with Gasteiger partial charge in [0.25, 0.3) is 0 Å². The lowest BCUT2D eigenvalue weighted by molar-refractivity contribution is 0.531. The summed E-state index contributed by atoms with van der Waals surface area (Å²) in [7, 11) is 0. The van der Waals surface area contributed by atoms with Gasteiger partial charge in [-0.2, -0.15) is 0 Å². The monoisotopic (exact) mass is 260 g/mol. The van der Waals surface area contributed by atoms with Gasteiger partial charge in [0.2, 0.25) is 0 Å². The smallest absolute Gasteiger partial charge is 0.139 e. The Balaban J connectivity index is 2.34. The van der Waals surface area contributed by atoms with Gasteiger partial charge < -0.3 is 10.6 Å². The highest BCUT2D eigenvalue weighted by molar-refractivity contribution is 5.99. The molecule has 0 atom stereocenters. The largest absolute Gasteiger partial charge is 0.384 e. The molecule has 2 rings (SSSR count). The average Bonchev–Trinajstić information content (AvgIpc) is 2.89. The quantitative estimate of drug-likeness (QED) is 0.632. The molecule has 1 heterocycles. The number of nitrogens with one attached hydrogen (secondary N) is 1. The van der Waals surface area contributed by atoms with E-state index < -0.39 is 0 Å². The SMILES string of the molecule is CC(C)CN(c1ncccc1C(=N)N)C1CCCC1. The van der Waals surface area contributed by atoms with E-state index in [0.717, 1.165) is 17.9 Å². The first-order valence-corrected chi connectivity index (χ1v) is 7.15. The van der Waals surface area contributed by atoms with Gasteiger partial charge in [-0.25, -0.2) is 4.98 Å². The predicted molar refractivity (Wildman–Crippen MR) is 79.7 cm³/mol. The van der Waals surface area contributed by atoms with E-state index in [-0.39, 0.29) is 5.84 Å². The predicted octanol–water partition coefficient (Wildman–Crippen LogP) is 2.77. The maximum atomic E-state index is 7.73. The Morgan fingerprint density at radius 2 is 2.16 bits per heavy atom. The number of nitrogens with zero attached hydrogens (tertiary/aromatic N) is 2. The van der Waals surface area contributed by atoms with Crippen molar-refractivity contribution in [3.8, 4) is 0 Å². The van der Waals surface area contributed by atoms with Gasteiger partial charge in [-0.1, -0.05) is 26.7 Å². The minimum atomic E-state index is 0.106. The number of rotatable bonds is 5. The van der Waals surface area contributed by atoms with Crippen LogP contribution in [0.5, 0.6) is 0 Å². The number of anilines is 1. The van der Waals surface area contributed by atoms with Gasteiger partial charge in [0.05, 0.1) is 5.56 Å². The zero-order valence-electron chi connectivity index (χ0n) is 11.9. The zero-order chi connectivity index (χ0) is 13.8. The van der Waals surface area contributed by atoms with Crippen molar-refractivity contribution in [2.45, 2.75) is 45.6 Å². The van der Waals surface area contributed by atoms with Crippen molar-refractivity contribution in [2.24, 2.45) is 11.7 Å². The van der Waals surface area contributed by atoms with Crippen LogP contribution < -0.4 is 10.6 Å². The first-order valence-electron chi connectivity index (χ1n) is 7.15. The number of nitrogens with two attached hydrogens (primary N) is 1. The van der Waals surface area contributed by atoms with E-state index in [4.69, 9.17) is 11.1 Å². The Labute approximate surface area is 115 Å². The van der Waals surface area contributed by atoms with Gasteiger partial charge in [-0.15, -0.1) is 0 Å². The van der Waals surface area contributed by atoms with Crippen LogP contribution in [0.4, 0.5) is 5.82 Å². The zero-order valence-corrected chi connectivity index (χ0v) is 11.9. The standard InChI is InChI=1S/C15H24N4/c1-11(2)10-19(12-6-3-4-7-12)15-13(14(16)17)8-5-9-18-15/h5,8-9,11-12H,3-4,6-7,10H2,1-2H3,(H3,16,17). The van der Waals surface area contributed by atoms with Crippen LogP contribution in [-0.4, -0.2) is 23.4 Å². The summed E-state index contributed by atoms with van der Waals surface area (Å²) < 4.78 is 0. The second-order valence-corrected chi connectivity index (χ2v) is 5.77. The molecular weight excluding hydrogens is 236 g/mol. The molecule has 19 heavy (non-hydrogen) atoms. The molecule has 3 N–H and O–H groups in total. The molecule has 0 amide bonds. The highest BCUT2D eigenvalue weighted by atomic mass is 15.2. The van der Waals surface area contributed by atoms with Gasteiger partial charge in [-0.05, 0) is 30.9 Å². The summed E-state index contributed by atoms with van der Waals surface area (Å²) in [6, 6.07) is 4.30. The normalized spacial score (nSPS) is 15.9. The molecule has 1 aromatic rings. The Morgan fingerprint density at radius 3 is 2.74 bits per heavy atom. The van der Waals surface area contributed by atoms with Crippen LogP contribution in [-0.2, 0) is 0 Å². The van der Waals surface area contributed by atoms with Crippen LogP contribution in [0.1, 0.15) is 45.1 Å². The summed E-state index contributed by atoms with van der Waals surface area (Å²) in [5.41, 5.74) is 6.46. The van der Waals surface area contributed by atoms with E-state index >= 15 is 0 Å². The van der Waals surface area contributed by atoms with Gasteiger partial charge in [-0.3, -0.25) is 5.41 Å². The number of hydrogen-bond donors (Lipinski definition) is 2. The summed E-state index contributed by atoms with van der Waals surface area (Å²) in [6.45, 7) is 5.42. The maximum Gasteiger partial charge on any atom is 0.139 e. The molecule has 1 aliphatic rings. The molecular formula is C15H24N4. The van der Waals surface area contributed by atoms with Crippen LogP contribution in [0.3, 0.4) is 0 Å². The van der Waals surface area contributed by atoms with Crippen molar-refractivity contribution in [3.05, 3.63) is 23.9 Å². The van der Waals surface area contributed by atoms with E-state index in [1.54, 1.807) is 6.20 Å². The minimum absolute atomic E-state index is 0.106. The second-order valence-electron chi connectivity index (χ2n) is 5.77. The third-order valence-electron chi connectivity index (χ3n) is 3.68. The molecule has 0 unspecified atom stereocenters. The topological polar surface area (TPSA) is 66.0 Å². The van der Waals surface area contributed by atoms with E-state index in [2.05, 4.69) is 23.7 Å². The fourth-order valence-corrected chi connectivity index (χ4v) is 2.85. The molecule has 4 heteroatoms. The van der Waals surface area contributed by atoms with E-state index in [9.17, 15) is 0 Å². The molecule has 0 bridgehead atoms. The number of pyridine rings is 1. The number of hydrogen-bond acceptors (Lipinski definition) is 3. The number of amidine groups is 1. The first kappa shape index (κ1) is 13.8. The molecule has 1 aromatic heterocycles. The summed E-state index contributed by atoms with van der Waals surface area (Å²) in [6.07, 6.45) is 6.83. The summed E-state index contributed by atoms with van der Waals surface area (Å²) in [5.74, 6) is 1.56. The van der Waals surface area contributed by atoms with Gasteiger partial charge in [0.15, 0.2) is 0 Å². The Morgan fingerprint density at radius 1 is 1.47 bits per heavy atom. The maximum absolute atomic E-state index is 7.73. The third-order valence-corrected chi connectivity index (χ3v) is 3.68. The number of aromatic nitrogens is 1. The lowest BCUT2D eigenvalue weighted by Crippen LogP contribution is -2.38. The molecule has 0 aliphatic heterocycles. The highest BCUT2D eigenvalue weighted by Gasteiger charge is 2.26. The van der Waals surface area contributed by atoms with Crippen molar-refractivity contribution in [2.75, 3.05) is 11.4 Å². The lowest BCUT2D eigenvalue weighted by atomic mass is 10.1. The fraction of sp³-hybridized carbons (Fsp3) is 0.600. The van der Waals surface area contributed by atoms with Crippen molar-refractivity contribution in [3.63, 3.8) is 0 Å². The lowest BCUT2D eigenvalue weighted by Gasteiger charge is -2.33. The summed E-state index contributed by atoms with van der Waals surface area (Å²) in [5, 5.41) is 7.73. The van der Waals surface area contributed by atoms with Crippen molar-refractivity contribution in [1.82, 2.24) is 4.98 Å². The van der Waals surface area contributed by atoms with E-state index in [0.29, 0.717) is 12.0 Å². The van der Waals surface area contributed by atoms with Crippen LogP contribution >= 0.6 is 0 Å². The highest BCUT2D eigenvalue weighted by Crippen LogP contribution is 2.29. The van der Waals surface area contributed by atoms with Crippen molar-refractivity contribution >= 4 is 11.7 Å². The average molecular weight is 260 g/mol. The van der Waals surface area contributed by atoms with Crippen LogP contribution in [0.25, 0.3) is 0 Å².